The number of hydrogen-bond donors (Lipinski definition) is 0. The van der Waals surface area contributed by atoms with Crippen LogP contribution in [-0.2, 0) is 0 Å². The number of aryl methyl sites for hydroxylation is 1. The molecule has 27 heavy (non-hydrogen) atoms. The maximum Gasteiger partial charge on any atom is 0.265 e. The van der Waals surface area contributed by atoms with Gasteiger partial charge in [-0.2, -0.15) is 0 Å². The van der Waals surface area contributed by atoms with Crippen molar-refractivity contribution in [2.75, 3.05) is 26.2 Å². The van der Waals surface area contributed by atoms with Crippen molar-refractivity contribution in [2.24, 2.45) is 0 Å². The molecule has 2 heterocycles. The fourth-order valence-corrected chi connectivity index (χ4v) is 5.14. The average Bonchev–Trinajstić information content (AvgIpc) is 3.33. The third kappa shape index (κ3) is 3.62. The van der Waals surface area contributed by atoms with E-state index in [4.69, 9.17) is 0 Å². The summed E-state index contributed by atoms with van der Waals surface area (Å²) in [6.45, 7) is 4.96. The number of benzene rings is 1. The van der Waals surface area contributed by atoms with Crippen LogP contribution in [0.3, 0.4) is 0 Å². The molecule has 0 radical (unpaired) electrons. The van der Waals surface area contributed by atoms with Crippen LogP contribution in [-0.4, -0.2) is 52.9 Å². The quantitative estimate of drug-likeness (QED) is 0.791. The Hall–Kier alpha value is -1.86. The van der Waals surface area contributed by atoms with Gasteiger partial charge in [-0.25, -0.2) is 13.8 Å². The van der Waals surface area contributed by atoms with E-state index in [0.29, 0.717) is 34.7 Å². The molecule has 1 amide bonds. The number of thiazole rings is 1. The van der Waals surface area contributed by atoms with E-state index in [-0.39, 0.29) is 11.5 Å². The average molecular weight is 391 g/mol. The Morgan fingerprint density at radius 3 is 2.56 bits per heavy atom. The first-order valence-corrected chi connectivity index (χ1v) is 10.3. The molecule has 0 atom stereocenters. The van der Waals surface area contributed by atoms with Crippen molar-refractivity contribution in [2.45, 2.75) is 38.6 Å². The first-order chi connectivity index (χ1) is 13.0. The van der Waals surface area contributed by atoms with Crippen LogP contribution >= 0.6 is 11.3 Å². The molecule has 1 saturated heterocycles. The topological polar surface area (TPSA) is 36.4 Å². The molecule has 2 aliphatic rings. The first kappa shape index (κ1) is 18.5. The summed E-state index contributed by atoms with van der Waals surface area (Å²) in [7, 11) is 0. The normalized spacial score (nSPS) is 19.0. The van der Waals surface area contributed by atoms with Crippen LogP contribution in [0.1, 0.15) is 41.0 Å². The summed E-state index contributed by atoms with van der Waals surface area (Å²) in [6.07, 6.45) is 5.15. The molecule has 0 N–H and O–H groups in total. The Kier molecular flexibility index (Phi) is 5.23. The zero-order valence-corrected chi connectivity index (χ0v) is 16.2. The van der Waals surface area contributed by atoms with Crippen molar-refractivity contribution in [3.63, 3.8) is 0 Å². The summed E-state index contributed by atoms with van der Waals surface area (Å²) in [5, 5.41) is 0.345. The molecule has 1 saturated carbocycles. The molecule has 2 aromatic rings. The largest absolute Gasteiger partial charge is 0.335 e. The molecule has 7 heteroatoms. The SMILES string of the molecule is Cc1nc(-c2cccc(F)c2F)sc1C(=O)N1CCN(C2CCCC2)CC1. The summed E-state index contributed by atoms with van der Waals surface area (Å²) in [4.78, 5) is 22.2. The third-order valence-electron chi connectivity index (χ3n) is 5.62. The van der Waals surface area contributed by atoms with Crippen LogP contribution in [0.5, 0.6) is 0 Å². The van der Waals surface area contributed by atoms with Crippen molar-refractivity contribution in [3.8, 4) is 10.6 Å². The van der Waals surface area contributed by atoms with Gasteiger partial charge in [0.15, 0.2) is 11.6 Å². The minimum atomic E-state index is -0.921. The molecule has 4 rings (SSSR count). The zero-order chi connectivity index (χ0) is 19.0. The van der Waals surface area contributed by atoms with E-state index in [9.17, 15) is 13.6 Å². The molecule has 0 bridgehead atoms. The number of aromatic nitrogens is 1. The molecule has 4 nitrogen and oxygen atoms in total. The minimum absolute atomic E-state index is 0.0564. The van der Waals surface area contributed by atoms with E-state index < -0.39 is 11.6 Å². The number of hydrogen-bond acceptors (Lipinski definition) is 4. The van der Waals surface area contributed by atoms with E-state index in [1.165, 1.54) is 37.8 Å². The molecular weight excluding hydrogens is 368 g/mol. The number of nitrogens with zero attached hydrogens (tertiary/aromatic N) is 3. The lowest BCUT2D eigenvalue weighted by Crippen LogP contribution is -2.51. The molecule has 0 spiro atoms. The van der Waals surface area contributed by atoms with Crippen molar-refractivity contribution < 1.29 is 13.6 Å². The van der Waals surface area contributed by atoms with Gasteiger partial charge in [0.05, 0.1) is 5.69 Å². The van der Waals surface area contributed by atoms with E-state index in [1.807, 2.05) is 4.90 Å². The van der Waals surface area contributed by atoms with Crippen molar-refractivity contribution in [3.05, 3.63) is 40.4 Å². The Balaban J connectivity index is 1.48. The molecule has 2 fully saturated rings. The highest BCUT2D eigenvalue weighted by atomic mass is 32.1. The van der Waals surface area contributed by atoms with Crippen LogP contribution in [0.25, 0.3) is 10.6 Å². The molecule has 1 aliphatic heterocycles. The van der Waals surface area contributed by atoms with Gasteiger partial charge < -0.3 is 4.90 Å². The van der Waals surface area contributed by atoms with Crippen molar-refractivity contribution in [1.82, 2.24) is 14.8 Å². The van der Waals surface area contributed by atoms with Crippen LogP contribution in [0.15, 0.2) is 18.2 Å². The second-order valence-electron chi connectivity index (χ2n) is 7.30. The Labute approximate surface area is 161 Å². The molecule has 1 aromatic carbocycles. The Morgan fingerprint density at radius 1 is 1.15 bits per heavy atom. The summed E-state index contributed by atoms with van der Waals surface area (Å²) >= 11 is 1.14. The number of carbonyl (C=O) groups is 1. The van der Waals surface area contributed by atoms with Crippen LogP contribution in [0.4, 0.5) is 8.78 Å². The number of carbonyl (C=O) groups excluding carboxylic acids is 1. The molecule has 0 unspecified atom stereocenters. The summed E-state index contributed by atoms with van der Waals surface area (Å²) in [5.74, 6) is -1.88. The van der Waals surface area contributed by atoms with Gasteiger partial charge in [0.1, 0.15) is 9.88 Å². The molecule has 1 aromatic heterocycles. The maximum atomic E-state index is 14.1. The second kappa shape index (κ2) is 7.64. The predicted octanol–water partition coefficient (Wildman–Crippen LogP) is 4.10. The fourth-order valence-electron chi connectivity index (χ4n) is 4.08. The highest BCUT2D eigenvalue weighted by Gasteiger charge is 2.30. The van der Waals surface area contributed by atoms with Gasteiger partial charge in [-0.3, -0.25) is 9.69 Å². The van der Waals surface area contributed by atoms with Gasteiger partial charge in [0.2, 0.25) is 0 Å². The van der Waals surface area contributed by atoms with E-state index >= 15 is 0 Å². The van der Waals surface area contributed by atoms with Gasteiger partial charge in [0.25, 0.3) is 5.91 Å². The molecule has 144 valence electrons. The first-order valence-electron chi connectivity index (χ1n) is 9.49. The maximum absolute atomic E-state index is 14.1. The zero-order valence-electron chi connectivity index (χ0n) is 15.4. The highest BCUT2D eigenvalue weighted by molar-refractivity contribution is 7.17. The predicted molar refractivity (Wildman–Crippen MR) is 102 cm³/mol. The fraction of sp³-hybridized carbons (Fsp3) is 0.500. The van der Waals surface area contributed by atoms with E-state index in [2.05, 4.69) is 9.88 Å². The molecule has 1 aliphatic carbocycles. The lowest BCUT2D eigenvalue weighted by molar-refractivity contribution is 0.0577. The van der Waals surface area contributed by atoms with E-state index in [0.717, 1.165) is 30.5 Å². The number of piperazine rings is 1. The van der Waals surface area contributed by atoms with Gasteiger partial charge in [-0.05, 0) is 31.9 Å². The van der Waals surface area contributed by atoms with Crippen LogP contribution in [0, 0.1) is 18.6 Å². The summed E-state index contributed by atoms with van der Waals surface area (Å²) in [5.41, 5.74) is 0.676. The van der Waals surface area contributed by atoms with Crippen LogP contribution < -0.4 is 0 Å². The number of amides is 1. The summed E-state index contributed by atoms with van der Waals surface area (Å²) in [6, 6.07) is 4.70. The standard InChI is InChI=1S/C20H23F2N3OS/c1-13-18(27-19(23-13)15-7-4-8-16(21)17(15)22)20(26)25-11-9-24(10-12-25)14-5-2-3-6-14/h4,7-8,14H,2-3,5-6,9-12H2,1H3. The van der Waals surface area contributed by atoms with Gasteiger partial charge in [-0.15, -0.1) is 11.3 Å². The lowest BCUT2D eigenvalue weighted by Gasteiger charge is -2.37. The van der Waals surface area contributed by atoms with Crippen LogP contribution in [0.2, 0.25) is 0 Å². The smallest absolute Gasteiger partial charge is 0.265 e. The van der Waals surface area contributed by atoms with E-state index in [1.54, 1.807) is 6.92 Å². The van der Waals surface area contributed by atoms with Gasteiger partial charge >= 0.3 is 0 Å². The number of halogens is 2. The second-order valence-corrected chi connectivity index (χ2v) is 8.30. The van der Waals surface area contributed by atoms with Crippen molar-refractivity contribution in [1.29, 1.82) is 0 Å². The molecular formula is C20H23F2N3OS. The lowest BCUT2D eigenvalue weighted by atomic mass is 10.1. The monoisotopic (exact) mass is 391 g/mol. The van der Waals surface area contributed by atoms with Gasteiger partial charge in [0, 0.05) is 37.8 Å². The van der Waals surface area contributed by atoms with Gasteiger partial charge in [-0.1, -0.05) is 18.9 Å². The summed E-state index contributed by atoms with van der Waals surface area (Å²) < 4.78 is 27.6. The third-order valence-corrected chi connectivity index (χ3v) is 6.79. The number of rotatable bonds is 3. The highest BCUT2D eigenvalue weighted by Crippen LogP contribution is 2.32. The Bertz CT molecular complexity index is 840. The Morgan fingerprint density at radius 2 is 1.85 bits per heavy atom. The minimum Gasteiger partial charge on any atom is -0.335 e. The van der Waals surface area contributed by atoms with Crippen molar-refractivity contribution >= 4 is 17.2 Å².